The van der Waals surface area contributed by atoms with E-state index >= 15 is 0 Å². The van der Waals surface area contributed by atoms with Gasteiger partial charge in [-0.25, -0.2) is 0 Å². The Morgan fingerprint density at radius 3 is 2.53 bits per heavy atom. The summed E-state index contributed by atoms with van der Waals surface area (Å²) in [6.45, 7) is 5.18. The Hall–Kier alpha value is -1.35. The smallest absolute Gasteiger partial charge is 0.323 e. The Morgan fingerprint density at radius 2 is 2.06 bits per heavy atom. The molecule has 0 aliphatic carbocycles. The van der Waals surface area contributed by atoms with Crippen molar-refractivity contribution in [3.63, 3.8) is 0 Å². The lowest BCUT2D eigenvalue weighted by Crippen LogP contribution is -2.53. The molecule has 0 aromatic heterocycles. The van der Waals surface area contributed by atoms with Crippen molar-refractivity contribution in [2.75, 3.05) is 13.7 Å². The lowest BCUT2D eigenvalue weighted by atomic mass is 9.96. The minimum atomic E-state index is -0.116. The molecule has 0 amide bonds. The highest BCUT2D eigenvalue weighted by Crippen LogP contribution is 2.30. The zero-order valence-corrected chi connectivity index (χ0v) is 10.6. The molecule has 0 bridgehead atoms. The fourth-order valence-corrected chi connectivity index (χ4v) is 2.30. The third-order valence-electron chi connectivity index (χ3n) is 3.59. The molecule has 1 unspecified atom stereocenters. The van der Waals surface area contributed by atoms with Crippen molar-refractivity contribution < 1.29 is 9.53 Å². The fourth-order valence-electron chi connectivity index (χ4n) is 2.30. The molecule has 1 aromatic rings. The standard InChI is InChI=1S/C14H19NO2/c1-10-4-6-12(7-5-10)11(2)15-9-8-13(15)14(16)17-3/h4-7,11,13H,8-9H2,1-3H3/t11-,13?/m1/s1. The zero-order valence-electron chi connectivity index (χ0n) is 10.6. The molecule has 1 saturated heterocycles. The summed E-state index contributed by atoms with van der Waals surface area (Å²) in [5.74, 6) is -0.116. The second kappa shape index (κ2) is 4.88. The Balaban J connectivity index is 2.07. The summed E-state index contributed by atoms with van der Waals surface area (Å²) in [5.41, 5.74) is 2.51. The van der Waals surface area contributed by atoms with Gasteiger partial charge in [-0.15, -0.1) is 0 Å². The predicted molar refractivity (Wildman–Crippen MR) is 66.7 cm³/mol. The van der Waals surface area contributed by atoms with Crippen molar-refractivity contribution in [3.8, 4) is 0 Å². The number of aryl methyl sites for hydroxylation is 1. The molecule has 2 atom stereocenters. The third kappa shape index (κ3) is 2.34. The van der Waals surface area contributed by atoms with Crippen molar-refractivity contribution in [2.45, 2.75) is 32.4 Å². The third-order valence-corrected chi connectivity index (χ3v) is 3.59. The SMILES string of the molecule is COC(=O)C1CCN1[C@H](C)c1ccc(C)cc1. The molecule has 1 aliphatic heterocycles. The maximum Gasteiger partial charge on any atom is 0.323 e. The fraction of sp³-hybridized carbons (Fsp3) is 0.500. The van der Waals surface area contributed by atoms with Crippen LogP contribution in [0.5, 0.6) is 0 Å². The minimum absolute atomic E-state index is 0.0590. The molecule has 1 aliphatic rings. The average Bonchev–Trinajstić information content (AvgIpc) is 2.28. The zero-order chi connectivity index (χ0) is 12.4. The van der Waals surface area contributed by atoms with Crippen LogP contribution in [-0.2, 0) is 9.53 Å². The highest BCUT2D eigenvalue weighted by molar-refractivity contribution is 5.76. The topological polar surface area (TPSA) is 29.5 Å². The van der Waals surface area contributed by atoms with Gasteiger partial charge < -0.3 is 4.74 Å². The molecule has 17 heavy (non-hydrogen) atoms. The summed E-state index contributed by atoms with van der Waals surface area (Å²) in [4.78, 5) is 13.7. The molecule has 0 spiro atoms. The van der Waals surface area contributed by atoms with Crippen LogP contribution >= 0.6 is 0 Å². The van der Waals surface area contributed by atoms with Crippen LogP contribution in [0.2, 0.25) is 0 Å². The second-order valence-corrected chi connectivity index (χ2v) is 4.65. The molecule has 92 valence electrons. The van der Waals surface area contributed by atoms with E-state index in [9.17, 15) is 4.79 Å². The van der Waals surface area contributed by atoms with Gasteiger partial charge in [-0.1, -0.05) is 29.8 Å². The van der Waals surface area contributed by atoms with Crippen LogP contribution in [0.25, 0.3) is 0 Å². The Morgan fingerprint density at radius 1 is 1.41 bits per heavy atom. The highest BCUT2D eigenvalue weighted by atomic mass is 16.5. The average molecular weight is 233 g/mol. The predicted octanol–water partition coefficient (Wildman–Crippen LogP) is 2.30. The molecule has 1 heterocycles. The number of nitrogens with zero attached hydrogens (tertiary/aromatic N) is 1. The van der Waals surface area contributed by atoms with E-state index in [1.54, 1.807) is 0 Å². The highest BCUT2D eigenvalue weighted by Gasteiger charge is 2.38. The van der Waals surface area contributed by atoms with Gasteiger partial charge in [0.25, 0.3) is 0 Å². The van der Waals surface area contributed by atoms with Crippen molar-refractivity contribution in [2.24, 2.45) is 0 Å². The van der Waals surface area contributed by atoms with Gasteiger partial charge in [0.1, 0.15) is 6.04 Å². The first kappa shape index (κ1) is 12.1. The van der Waals surface area contributed by atoms with Gasteiger partial charge in [0.15, 0.2) is 0 Å². The van der Waals surface area contributed by atoms with Crippen molar-refractivity contribution >= 4 is 5.97 Å². The van der Waals surface area contributed by atoms with Crippen LogP contribution in [0.3, 0.4) is 0 Å². The number of esters is 1. The first-order valence-electron chi connectivity index (χ1n) is 6.03. The van der Waals surface area contributed by atoms with Crippen molar-refractivity contribution in [1.29, 1.82) is 0 Å². The number of likely N-dealkylation sites (tertiary alicyclic amines) is 1. The van der Waals surface area contributed by atoms with E-state index < -0.39 is 0 Å². The summed E-state index contributed by atoms with van der Waals surface area (Å²) in [6, 6.07) is 8.70. The van der Waals surface area contributed by atoms with E-state index in [1.807, 2.05) is 0 Å². The van der Waals surface area contributed by atoms with E-state index in [2.05, 4.69) is 43.0 Å². The molecule has 0 radical (unpaired) electrons. The number of ether oxygens (including phenoxy) is 1. The Labute approximate surface area is 102 Å². The monoisotopic (exact) mass is 233 g/mol. The quantitative estimate of drug-likeness (QED) is 0.750. The van der Waals surface area contributed by atoms with Gasteiger partial charge in [-0.3, -0.25) is 9.69 Å². The lowest BCUT2D eigenvalue weighted by molar-refractivity contribution is -0.153. The van der Waals surface area contributed by atoms with Crippen LogP contribution < -0.4 is 0 Å². The summed E-state index contributed by atoms with van der Waals surface area (Å²) in [7, 11) is 1.45. The normalized spacial score (nSPS) is 21.7. The number of methoxy groups -OCH3 is 1. The second-order valence-electron chi connectivity index (χ2n) is 4.65. The molecular weight excluding hydrogens is 214 g/mol. The van der Waals surface area contributed by atoms with Gasteiger partial charge in [0.2, 0.25) is 0 Å². The number of hydrogen-bond acceptors (Lipinski definition) is 3. The van der Waals surface area contributed by atoms with Crippen LogP contribution in [0.4, 0.5) is 0 Å². The van der Waals surface area contributed by atoms with E-state index in [0.717, 1.165) is 13.0 Å². The van der Waals surface area contributed by atoms with E-state index in [4.69, 9.17) is 4.74 Å². The van der Waals surface area contributed by atoms with Crippen molar-refractivity contribution in [1.82, 2.24) is 4.90 Å². The van der Waals surface area contributed by atoms with Gasteiger partial charge >= 0.3 is 5.97 Å². The molecular formula is C14H19NO2. The number of hydrogen-bond donors (Lipinski definition) is 0. The number of carbonyl (C=O) groups excluding carboxylic acids is 1. The molecule has 0 saturated carbocycles. The summed E-state index contributed by atoms with van der Waals surface area (Å²) in [5, 5.41) is 0. The van der Waals surface area contributed by atoms with Gasteiger partial charge in [0, 0.05) is 12.6 Å². The van der Waals surface area contributed by atoms with Gasteiger partial charge in [-0.05, 0) is 25.8 Å². The number of carbonyl (C=O) groups is 1. The molecule has 3 nitrogen and oxygen atoms in total. The lowest BCUT2D eigenvalue weighted by Gasteiger charge is -2.43. The molecule has 3 heteroatoms. The molecule has 1 fully saturated rings. The maximum atomic E-state index is 11.5. The number of rotatable bonds is 3. The maximum absolute atomic E-state index is 11.5. The molecule has 1 aromatic carbocycles. The summed E-state index contributed by atoms with van der Waals surface area (Å²) in [6.07, 6.45) is 0.906. The summed E-state index contributed by atoms with van der Waals surface area (Å²) < 4.78 is 4.81. The Bertz CT molecular complexity index is 399. The van der Waals surface area contributed by atoms with E-state index in [0.29, 0.717) is 0 Å². The van der Waals surface area contributed by atoms with Crippen LogP contribution in [0, 0.1) is 6.92 Å². The summed E-state index contributed by atoms with van der Waals surface area (Å²) >= 11 is 0. The first-order valence-corrected chi connectivity index (χ1v) is 6.03. The first-order chi connectivity index (χ1) is 8.13. The van der Waals surface area contributed by atoms with Gasteiger partial charge in [-0.2, -0.15) is 0 Å². The largest absolute Gasteiger partial charge is 0.468 e. The van der Waals surface area contributed by atoms with Crippen LogP contribution in [-0.4, -0.2) is 30.6 Å². The van der Waals surface area contributed by atoms with E-state index in [-0.39, 0.29) is 18.1 Å². The van der Waals surface area contributed by atoms with Crippen molar-refractivity contribution in [3.05, 3.63) is 35.4 Å². The van der Waals surface area contributed by atoms with Crippen LogP contribution in [0.15, 0.2) is 24.3 Å². The molecule has 0 N–H and O–H groups in total. The van der Waals surface area contributed by atoms with E-state index in [1.165, 1.54) is 18.2 Å². The minimum Gasteiger partial charge on any atom is -0.468 e. The molecule has 2 rings (SSSR count). The van der Waals surface area contributed by atoms with Crippen LogP contribution in [0.1, 0.15) is 30.5 Å². The Kier molecular flexibility index (Phi) is 3.48. The van der Waals surface area contributed by atoms with Gasteiger partial charge in [0.05, 0.1) is 7.11 Å². The number of benzene rings is 1.